The van der Waals surface area contributed by atoms with Crippen LogP contribution in [0, 0.1) is 0 Å². The molecule has 3 heterocycles. The summed E-state index contributed by atoms with van der Waals surface area (Å²) in [4.78, 5) is 19.7. The minimum atomic E-state index is 0.535. The first-order valence-electron chi connectivity index (χ1n) is 11.3. The lowest BCUT2D eigenvalue weighted by atomic mass is 10.2. The number of rotatable bonds is 8. The van der Waals surface area contributed by atoms with Crippen molar-refractivity contribution >= 4 is 35.0 Å². The average Bonchev–Trinajstić information content (AvgIpc) is 3.41. The van der Waals surface area contributed by atoms with Crippen molar-refractivity contribution in [2.75, 3.05) is 49.3 Å². The van der Waals surface area contributed by atoms with Gasteiger partial charge in [0.1, 0.15) is 10.8 Å². The van der Waals surface area contributed by atoms with E-state index in [4.69, 9.17) is 9.26 Å². The number of hydrogen-bond acceptors (Lipinski definition) is 10. The zero-order chi connectivity index (χ0) is 24.0. The molecule has 0 unspecified atom stereocenters. The number of piperazine rings is 1. The number of benzene rings is 2. The molecule has 1 aliphatic heterocycles. The van der Waals surface area contributed by atoms with E-state index < -0.39 is 0 Å². The molecule has 5 rings (SSSR count). The first kappa shape index (κ1) is 23.5. The fraction of sp³-hybridized carbons (Fsp3) is 0.280. The van der Waals surface area contributed by atoms with Crippen LogP contribution in [0.5, 0.6) is 5.75 Å². The van der Waals surface area contributed by atoms with Crippen LogP contribution >= 0.6 is 23.5 Å². The summed E-state index contributed by atoms with van der Waals surface area (Å²) in [6.07, 6.45) is 5.53. The van der Waals surface area contributed by atoms with Gasteiger partial charge in [-0.25, -0.2) is 9.97 Å². The molecule has 8 nitrogen and oxygen atoms in total. The lowest BCUT2D eigenvalue weighted by molar-refractivity contribution is 0.391. The van der Waals surface area contributed by atoms with Crippen LogP contribution in [-0.2, 0) is 5.75 Å². The molecule has 1 fully saturated rings. The fourth-order valence-corrected chi connectivity index (χ4v) is 5.14. The minimum absolute atomic E-state index is 0.535. The zero-order valence-corrected chi connectivity index (χ0v) is 21.3. The summed E-state index contributed by atoms with van der Waals surface area (Å²) in [7, 11) is 1.69. The maximum atomic E-state index is 5.50. The van der Waals surface area contributed by atoms with Crippen molar-refractivity contribution in [1.29, 1.82) is 0 Å². The van der Waals surface area contributed by atoms with Crippen LogP contribution in [0.4, 0.5) is 11.5 Å². The number of nitrogens with zero attached hydrogens (tertiary/aromatic N) is 6. The van der Waals surface area contributed by atoms with E-state index in [1.54, 1.807) is 43.0 Å². The molecule has 0 spiro atoms. The second-order valence-corrected chi connectivity index (χ2v) is 9.73. The Balaban J connectivity index is 1.21. The molecule has 1 aliphatic rings. The number of anilines is 2. The van der Waals surface area contributed by atoms with Gasteiger partial charge in [0.15, 0.2) is 5.82 Å². The van der Waals surface area contributed by atoms with Crippen molar-refractivity contribution in [3.8, 4) is 17.1 Å². The molecule has 2 aromatic heterocycles. The average molecular weight is 507 g/mol. The molecule has 0 N–H and O–H groups in total. The monoisotopic (exact) mass is 506 g/mol. The molecule has 180 valence electrons. The summed E-state index contributed by atoms with van der Waals surface area (Å²) in [6, 6.07) is 16.4. The fourth-order valence-electron chi connectivity index (χ4n) is 3.91. The lowest BCUT2D eigenvalue weighted by Gasteiger charge is -2.37. The quantitative estimate of drug-likeness (QED) is 0.309. The number of ether oxygens (including phenoxy) is 1. The molecule has 0 radical (unpaired) electrons. The molecule has 10 heteroatoms. The van der Waals surface area contributed by atoms with E-state index >= 15 is 0 Å². The summed E-state index contributed by atoms with van der Waals surface area (Å²) < 4.78 is 10.8. The standard InChI is InChI=1S/C25H26N6O2S2/c1-32-20-7-5-19(6-8-20)30-13-15-31(16-14-30)24-25(27-12-11-26-24)35-17-22-28-23(29-33-22)18-3-9-21(34-2)10-4-18/h3-12H,13-17H2,1-2H3. The third-order valence-corrected chi connectivity index (χ3v) is 7.51. The molecule has 0 amide bonds. The smallest absolute Gasteiger partial charge is 0.237 e. The van der Waals surface area contributed by atoms with Crippen molar-refractivity contribution in [2.24, 2.45) is 0 Å². The van der Waals surface area contributed by atoms with Crippen LogP contribution in [0.15, 0.2) is 75.4 Å². The Morgan fingerprint density at radius 3 is 2.34 bits per heavy atom. The number of hydrogen-bond donors (Lipinski definition) is 0. The van der Waals surface area contributed by atoms with Crippen molar-refractivity contribution in [3.05, 3.63) is 66.8 Å². The van der Waals surface area contributed by atoms with E-state index in [1.807, 2.05) is 24.3 Å². The Labute approximate surface area is 213 Å². The van der Waals surface area contributed by atoms with Crippen molar-refractivity contribution in [2.45, 2.75) is 15.7 Å². The van der Waals surface area contributed by atoms with Crippen LogP contribution < -0.4 is 14.5 Å². The Hall–Kier alpha value is -3.24. The van der Waals surface area contributed by atoms with Gasteiger partial charge in [-0.15, -0.1) is 11.8 Å². The van der Waals surface area contributed by atoms with Crippen LogP contribution in [0.1, 0.15) is 5.89 Å². The zero-order valence-electron chi connectivity index (χ0n) is 19.6. The van der Waals surface area contributed by atoms with E-state index in [1.165, 1.54) is 10.6 Å². The largest absolute Gasteiger partial charge is 0.497 e. The van der Waals surface area contributed by atoms with Gasteiger partial charge in [-0.05, 0) is 54.8 Å². The van der Waals surface area contributed by atoms with Gasteiger partial charge in [0.25, 0.3) is 0 Å². The second kappa shape index (κ2) is 11.0. The number of thioether (sulfide) groups is 2. The van der Waals surface area contributed by atoms with E-state index in [-0.39, 0.29) is 0 Å². The summed E-state index contributed by atoms with van der Waals surface area (Å²) in [5.74, 6) is 3.48. The topological polar surface area (TPSA) is 80.4 Å². The van der Waals surface area contributed by atoms with Crippen molar-refractivity contribution in [1.82, 2.24) is 20.1 Å². The van der Waals surface area contributed by atoms with Gasteiger partial charge >= 0.3 is 0 Å². The van der Waals surface area contributed by atoms with Crippen molar-refractivity contribution in [3.63, 3.8) is 0 Å². The molecule has 0 bridgehead atoms. The first-order valence-corrected chi connectivity index (χ1v) is 13.5. The molecule has 2 aromatic carbocycles. The maximum absolute atomic E-state index is 5.50. The normalized spacial score (nSPS) is 13.8. The molecular formula is C25H26N6O2S2. The van der Waals surface area contributed by atoms with Crippen molar-refractivity contribution < 1.29 is 9.26 Å². The number of methoxy groups -OCH3 is 1. The molecule has 0 aliphatic carbocycles. The van der Waals surface area contributed by atoms with Gasteiger partial charge in [-0.3, -0.25) is 0 Å². The second-order valence-electron chi connectivity index (χ2n) is 7.89. The van der Waals surface area contributed by atoms with Crippen LogP contribution in [-0.4, -0.2) is 59.7 Å². The summed E-state index contributed by atoms with van der Waals surface area (Å²) >= 11 is 3.27. The van der Waals surface area contributed by atoms with Gasteiger partial charge < -0.3 is 19.1 Å². The molecule has 1 saturated heterocycles. The van der Waals surface area contributed by atoms with Gasteiger partial charge in [0.2, 0.25) is 11.7 Å². The first-order chi connectivity index (χ1) is 17.2. The summed E-state index contributed by atoms with van der Waals surface area (Å²) in [5, 5.41) is 5.02. The maximum Gasteiger partial charge on any atom is 0.237 e. The van der Waals surface area contributed by atoms with Crippen LogP contribution in [0.2, 0.25) is 0 Å². The molecular weight excluding hydrogens is 480 g/mol. The Kier molecular flexibility index (Phi) is 7.39. The van der Waals surface area contributed by atoms with Gasteiger partial charge in [0, 0.05) is 54.7 Å². The highest BCUT2D eigenvalue weighted by molar-refractivity contribution is 7.98. The summed E-state index contributed by atoms with van der Waals surface area (Å²) in [6.45, 7) is 3.56. The van der Waals surface area contributed by atoms with Crippen LogP contribution in [0.3, 0.4) is 0 Å². The molecule has 35 heavy (non-hydrogen) atoms. The van der Waals surface area contributed by atoms with Gasteiger partial charge in [0.05, 0.1) is 12.9 Å². The highest BCUT2D eigenvalue weighted by Gasteiger charge is 2.22. The predicted molar refractivity (Wildman–Crippen MR) is 141 cm³/mol. The highest BCUT2D eigenvalue weighted by atomic mass is 32.2. The predicted octanol–water partition coefficient (Wildman–Crippen LogP) is 4.88. The molecule has 0 saturated carbocycles. The van der Waals surface area contributed by atoms with E-state index in [0.29, 0.717) is 17.5 Å². The van der Waals surface area contributed by atoms with E-state index in [0.717, 1.165) is 48.3 Å². The molecule has 4 aromatic rings. The minimum Gasteiger partial charge on any atom is -0.497 e. The van der Waals surface area contributed by atoms with Gasteiger partial charge in [-0.2, -0.15) is 4.98 Å². The van der Waals surface area contributed by atoms with E-state index in [9.17, 15) is 0 Å². The van der Waals surface area contributed by atoms with Gasteiger partial charge in [-0.1, -0.05) is 16.9 Å². The Morgan fingerprint density at radius 2 is 1.63 bits per heavy atom. The Bertz CT molecular complexity index is 1240. The summed E-state index contributed by atoms with van der Waals surface area (Å²) in [5.41, 5.74) is 2.15. The lowest BCUT2D eigenvalue weighted by Crippen LogP contribution is -2.47. The highest BCUT2D eigenvalue weighted by Crippen LogP contribution is 2.30. The number of aromatic nitrogens is 4. The third-order valence-electron chi connectivity index (χ3n) is 5.81. The SMILES string of the molecule is COc1ccc(N2CCN(c3nccnc3SCc3nc(-c4ccc(SC)cc4)no3)CC2)cc1. The Morgan fingerprint density at radius 1 is 0.914 bits per heavy atom. The van der Waals surface area contributed by atoms with Crippen LogP contribution in [0.25, 0.3) is 11.4 Å². The third kappa shape index (κ3) is 5.54. The molecule has 0 atom stereocenters. The van der Waals surface area contributed by atoms with E-state index in [2.05, 4.69) is 60.4 Å².